The van der Waals surface area contributed by atoms with E-state index in [1.54, 1.807) is 6.92 Å². The first-order valence-corrected chi connectivity index (χ1v) is 6.80. The average Bonchev–Trinajstić information content (AvgIpc) is 2.68. The van der Waals surface area contributed by atoms with Crippen molar-refractivity contribution in [3.05, 3.63) is 45.5 Å². The second-order valence-electron chi connectivity index (χ2n) is 5.10. The average molecular weight is 275 g/mol. The Bertz CT molecular complexity index is 688. The van der Waals surface area contributed by atoms with Crippen molar-refractivity contribution in [3.63, 3.8) is 0 Å². The molecule has 1 aliphatic heterocycles. The van der Waals surface area contributed by atoms with Crippen molar-refractivity contribution in [2.75, 3.05) is 0 Å². The van der Waals surface area contributed by atoms with Crippen LogP contribution in [0, 0.1) is 17.0 Å². The minimum atomic E-state index is -0.543. The number of thiophene rings is 1. The molecule has 0 bridgehead atoms. The van der Waals surface area contributed by atoms with E-state index in [9.17, 15) is 10.1 Å². The maximum atomic E-state index is 11.1. The van der Waals surface area contributed by atoms with Crippen molar-refractivity contribution in [2.24, 2.45) is 0 Å². The third-order valence-corrected chi connectivity index (χ3v) is 4.66. The van der Waals surface area contributed by atoms with E-state index in [0.717, 1.165) is 21.8 Å². The van der Waals surface area contributed by atoms with Crippen LogP contribution >= 0.6 is 11.3 Å². The SMILES string of the molecule is Cc1c([N+](=O)[O-])sc2c1C(C)(C)Oc1ccccc1-2. The molecule has 0 aliphatic carbocycles. The zero-order valence-corrected chi connectivity index (χ0v) is 11.7. The molecule has 2 heterocycles. The van der Waals surface area contributed by atoms with Gasteiger partial charge < -0.3 is 4.74 Å². The molecule has 2 aromatic rings. The van der Waals surface area contributed by atoms with Gasteiger partial charge in [-0.2, -0.15) is 0 Å². The second-order valence-corrected chi connectivity index (χ2v) is 6.10. The molecule has 0 radical (unpaired) electrons. The molecular weight excluding hydrogens is 262 g/mol. The number of ether oxygens (including phenoxy) is 1. The third kappa shape index (κ3) is 1.65. The number of nitrogens with zero attached hydrogens (tertiary/aromatic N) is 1. The molecule has 0 spiro atoms. The Labute approximate surface area is 114 Å². The largest absolute Gasteiger partial charge is 0.482 e. The van der Waals surface area contributed by atoms with Gasteiger partial charge in [-0.25, -0.2) is 0 Å². The highest BCUT2D eigenvalue weighted by atomic mass is 32.1. The van der Waals surface area contributed by atoms with Crippen LogP contribution in [0.3, 0.4) is 0 Å². The van der Waals surface area contributed by atoms with Crippen molar-refractivity contribution in [3.8, 4) is 16.2 Å². The monoisotopic (exact) mass is 275 g/mol. The van der Waals surface area contributed by atoms with Gasteiger partial charge in [0.2, 0.25) is 0 Å². The number of benzene rings is 1. The van der Waals surface area contributed by atoms with E-state index in [1.807, 2.05) is 38.1 Å². The van der Waals surface area contributed by atoms with Gasteiger partial charge in [0.05, 0.1) is 9.80 Å². The zero-order valence-electron chi connectivity index (χ0n) is 10.9. The number of hydrogen-bond donors (Lipinski definition) is 0. The molecule has 3 rings (SSSR count). The zero-order chi connectivity index (χ0) is 13.8. The molecule has 19 heavy (non-hydrogen) atoms. The Morgan fingerprint density at radius 3 is 2.68 bits per heavy atom. The summed E-state index contributed by atoms with van der Waals surface area (Å²) in [5, 5.41) is 11.3. The predicted molar refractivity (Wildman–Crippen MR) is 74.8 cm³/mol. The van der Waals surface area contributed by atoms with Crippen LogP contribution in [0.25, 0.3) is 10.4 Å². The fraction of sp³-hybridized carbons (Fsp3) is 0.286. The number of hydrogen-bond acceptors (Lipinski definition) is 4. The van der Waals surface area contributed by atoms with Gasteiger partial charge in [0.25, 0.3) is 0 Å². The van der Waals surface area contributed by atoms with Crippen molar-refractivity contribution < 1.29 is 9.66 Å². The predicted octanol–water partition coefficient (Wildman–Crippen LogP) is 4.26. The molecule has 5 heteroatoms. The first-order chi connectivity index (χ1) is 8.92. The van der Waals surface area contributed by atoms with E-state index < -0.39 is 5.60 Å². The highest BCUT2D eigenvalue weighted by Gasteiger charge is 2.39. The van der Waals surface area contributed by atoms with Crippen LogP contribution in [-0.4, -0.2) is 4.92 Å². The lowest BCUT2D eigenvalue weighted by Crippen LogP contribution is -2.29. The van der Waals surface area contributed by atoms with E-state index in [4.69, 9.17) is 4.74 Å². The summed E-state index contributed by atoms with van der Waals surface area (Å²) in [6.45, 7) is 5.70. The number of fused-ring (bicyclic) bond motifs is 3. The molecule has 0 unspecified atom stereocenters. The van der Waals surface area contributed by atoms with Crippen LogP contribution in [0.4, 0.5) is 5.00 Å². The van der Waals surface area contributed by atoms with Crippen LogP contribution in [0.1, 0.15) is 25.0 Å². The van der Waals surface area contributed by atoms with E-state index in [1.165, 1.54) is 11.3 Å². The Hall–Kier alpha value is -1.88. The van der Waals surface area contributed by atoms with E-state index in [-0.39, 0.29) is 9.92 Å². The molecule has 0 fully saturated rings. The first-order valence-electron chi connectivity index (χ1n) is 5.98. The summed E-state index contributed by atoms with van der Waals surface area (Å²) >= 11 is 1.24. The summed E-state index contributed by atoms with van der Waals surface area (Å²) in [5.41, 5.74) is 2.05. The highest BCUT2D eigenvalue weighted by molar-refractivity contribution is 7.19. The van der Waals surface area contributed by atoms with Crippen LogP contribution in [0.15, 0.2) is 24.3 Å². The van der Waals surface area contributed by atoms with Crippen molar-refractivity contribution in [2.45, 2.75) is 26.4 Å². The van der Waals surface area contributed by atoms with Gasteiger partial charge in [0, 0.05) is 16.7 Å². The lowest BCUT2D eigenvalue weighted by molar-refractivity contribution is -0.380. The smallest absolute Gasteiger partial charge is 0.327 e. The summed E-state index contributed by atoms with van der Waals surface area (Å²) < 4.78 is 6.00. The Kier molecular flexibility index (Phi) is 2.44. The molecule has 4 nitrogen and oxygen atoms in total. The van der Waals surface area contributed by atoms with E-state index in [0.29, 0.717) is 5.56 Å². The molecule has 0 atom stereocenters. The topological polar surface area (TPSA) is 52.4 Å². The maximum Gasteiger partial charge on any atom is 0.327 e. The summed E-state index contributed by atoms with van der Waals surface area (Å²) in [6.07, 6.45) is 0. The Morgan fingerprint density at radius 1 is 1.32 bits per heavy atom. The summed E-state index contributed by atoms with van der Waals surface area (Å²) in [7, 11) is 0. The Morgan fingerprint density at radius 2 is 2.00 bits per heavy atom. The van der Waals surface area contributed by atoms with Gasteiger partial charge in [-0.05, 0) is 32.9 Å². The molecule has 0 saturated heterocycles. The Balaban J connectivity index is 2.36. The van der Waals surface area contributed by atoms with E-state index in [2.05, 4.69) is 0 Å². The number of para-hydroxylation sites is 1. The molecule has 1 aromatic carbocycles. The van der Waals surface area contributed by atoms with Gasteiger partial charge >= 0.3 is 5.00 Å². The molecule has 0 N–H and O–H groups in total. The molecule has 0 saturated carbocycles. The maximum absolute atomic E-state index is 11.1. The van der Waals surface area contributed by atoms with Crippen LogP contribution in [0.5, 0.6) is 5.75 Å². The number of nitro groups is 1. The fourth-order valence-electron chi connectivity index (χ4n) is 2.66. The molecule has 1 aliphatic rings. The van der Waals surface area contributed by atoms with E-state index >= 15 is 0 Å². The van der Waals surface area contributed by atoms with Crippen LogP contribution in [0.2, 0.25) is 0 Å². The molecule has 0 amide bonds. The van der Waals surface area contributed by atoms with Gasteiger partial charge in [-0.3, -0.25) is 10.1 Å². The summed E-state index contributed by atoms with van der Waals surface area (Å²) in [6, 6.07) is 7.68. The summed E-state index contributed by atoms with van der Waals surface area (Å²) in [4.78, 5) is 11.8. The van der Waals surface area contributed by atoms with Gasteiger partial charge in [0.1, 0.15) is 11.4 Å². The molecule has 1 aromatic heterocycles. The lowest BCUT2D eigenvalue weighted by atomic mass is 9.89. The third-order valence-electron chi connectivity index (χ3n) is 3.39. The fourth-order valence-corrected chi connectivity index (χ4v) is 3.96. The minimum Gasteiger partial charge on any atom is -0.482 e. The van der Waals surface area contributed by atoms with Crippen molar-refractivity contribution >= 4 is 16.3 Å². The lowest BCUT2D eigenvalue weighted by Gasteiger charge is -2.33. The van der Waals surface area contributed by atoms with Gasteiger partial charge in [-0.15, -0.1) is 0 Å². The number of rotatable bonds is 1. The van der Waals surface area contributed by atoms with Crippen molar-refractivity contribution in [1.29, 1.82) is 0 Å². The molecular formula is C14H13NO3S. The quantitative estimate of drug-likeness (QED) is 0.577. The van der Waals surface area contributed by atoms with Crippen molar-refractivity contribution in [1.82, 2.24) is 0 Å². The van der Waals surface area contributed by atoms with Crippen LogP contribution in [-0.2, 0) is 5.60 Å². The van der Waals surface area contributed by atoms with Gasteiger partial charge in [-0.1, -0.05) is 23.5 Å². The van der Waals surface area contributed by atoms with Gasteiger partial charge in [0.15, 0.2) is 0 Å². The first kappa shape index (κ1) is 12.2. The highest BCUT2D eigenvalue weighted by Crippen LogP contribution is 2.52. The normalized spacial score (nSPS) is 15.3. The second kappa shape index (κ2) is 3.81. The minimum absolute atomic E-state index is 0.207. The summed E-state index contributed by atoms with van der Waals surface area (Å²) in [5.74, 6) is 0.788. The molecule has 98 valence electrons. The van der Waals surface area contributed by atoms with Crippen LogP contribution < -0.4 is 4.74 Å². The standard InChI is InChI=1S/C14H13NO3S/c1-8-11-12(19-13(8)15(16)17)9-6-4-5-7-10(9)18-14(11,2)3/h4-7H,1-3H3.